The number of nitrogens with one attached hydrogen (secondary N) is 1. The zero-order valence-corrected chi connectivity index (χ0v) is 17.8. The van der Waals surface area contributed by atoms with Crippen LogP contribution in [0.5, 0.6) is 0 Å². The Balaban J connectivity index is 1.36. The number of benzene rings is 1. The standard InChI is InChI=1S/C21H33ClN2O2S/c22-16-19-8-10-21(11-9-19)27(25,26)23-13-12-18-4-6-20(7-5-18)17-24-14-2-1-3-15-24/h8-11,18,20,23H,1-7,12-17H2. The fraction of sp³-hybridized carbons (Fsp3) is 0.714. The predicted octanol–water partition coefficient (Wildman–Crippen LogP) is 4.39. The molecular weight excluding hydrogens is 380 g/mol. The molecule has 152 valence electrons. The largest absolute Gasteiger partial charge is 0.303 e. The second-order valence-corrected chi connectivity index (χ2v) is 10.2. The van der Waals surface area contributed by atoms with Gasteiger partial charge in [-0.15, -0.1) is 11.6 Å². The van der Waals surface area contributed by atoms with Crippen molar-refractivity contribution in [1.29, 1.82) is 0 Å². The smallest absolute Gasteiger partial charge is 0.240 e. The maximum Gasteiger partial charge on any atom is 0.240 e. The van der Waals surface area contributed by atoms with E-state index in [4.69, 9.17) is 11.6 Å². The average molecular weight is 413 g/mol. The zero-order valence-electron chi connectivity index (χ0n) is 16.2. The summed E-state index contributed by atoms with van der Waals surface area (Å²) >= 11 is 5.76. The number of nitrogens with zero attached hydrogens (tertiary/aromatic N) is 1. The van der Waals surface area contributed by atoms with E-state index < -0.39 is 10.0 Å². The van der Waals surface area contributed by atoms with E-state index in [0.717, 1.165) is 17.9 Å². The molecule has 1 saturated heterocycles. The molecule has 0 aromatic heterocycles. The van der Waals surface area contributed by atoms with Gasteiger partial charge in [0.25, 0.3) is 0 Å². The fourth-order valence-electron chi connectivity index (χ4n) is 4.45. The highest BCUT2D eigenvalue weighted by molar-refractivity contribution is 7.89. The number of hydrogen-bond donors (Lipinski definition) is 1. The fourth-order valence-corrected chi connectivity index (χ4v) is 5.67. The van der Waals surface area contributed by atoms with E-state index in [1.807, 2.05) is 0 Å². The van der Waals surface area contributed by atoms with Crippen molar-refractivity contribution in [3.8, 4) is 0 Å². The van der Waals surface area contributed by atoms with Crippen LogP contribution < -0.4 is 4.72 Å². The van der Waals surface area contributed by atoms with Crippen LogP contribution in [0, 0.1) is 11.8 Å². The summed E-state index contributed by atoms with van der Waals surface area (Å²) in [7, 11) is -3.42. The van der Waals surface area contributed by atoms with Crippen LogP contribution in [0.4, 0.5) is 0 Å². The van der Waals surface area contributed by atoms with Crippen LogP contribution in [0.15, 0.2) is 29.2 Å². The Kier molecular flexibility index (Phi) is 8.00. The number of likely N-dealkylation sites (tertiary alicyclic amines) is 1. The SMILES string of the molecule is O=S(=O)(NCCC1CCC(CN2CCCCC2)CC1)c1ccc(CCl)cc1. The third-order valence-corrected chi connectivity index (χ3v) is 7.95. The van der Waals surface area contributed by atoms with Gasteiger partial charge in [0.1, 0.15) is 0 Å². The summed E-state index contributed by atoms with van der Waals surface area (Å²) < 4.78 is 27.6. The highest BCUT2D eigenvalue weighted by atomic mass is 35.5. The number of piperidine rings is 1. The lowest BCUT2D eigenvalue weighted by Gasteiger charge is -2.34. The minimum absolute atomic E-state index is 0.321. The summed E-state index contributed by atoms with van der Waals surface area (Å²) in [6.45, 7) is 4.37. The quantitative estimate of drug-likeness (QED) is 0.644. The highest BCUT2D eigenvalue weighted by Crippen LogP contribution is 2.31. The molecule has 1 N–H and O–H groups in total. The van der Waals surface area contributed by atoms with Crippen molar-refractivity contribution in [2.45, 2.75) is 62.1 Å². The first-order chi connectivity index (χ1) is 13.1. The van der Waals surface area contributed by atoms with Crippen molar-refractivity contribution in [2.24, 2.45) is 11.8 Å². The third kappa shape index (κ3) is 6.45. The number of hydrogen-bond acceptors (Lipinski definition) is 3. The van der Waals surface area contributed by atoms with E-state index in [-0.39, 0.29) is 0 Å². The van der Waals surface area contributed by atoms with Crippen molar-refractivity contribution in [3.05, 3.63) is 29.8 Å². The van der Waals surface area contributed by atoms with Crippen LogP contribution in [0.2, 0.25) is 0 Å². The summed E-state index contributed by atoms with van der Waals surface area (Å²) in [5.41, 5.74) is 0.928. The molecule has 0 unspecified atom stereocenters. The Hall–Kier alpha value is -0.620. The molecule has 1 aromatic carbocycles. The molecule has 0 atom stereocenters. The van der Waals surface area contributed by atoms with Gasteiger partial charge in [0.05, 0.1) is 4.90 Å². The van der Waals surface area contributed by atoms with Gasteiger partial charge in [-0.3, -0.25) is 0 Å². The monoisotopic (exact) mass is 412 g/mol. The molecular formula is C21H33ClN2O2S. The van der Waals surface area contributed by atoms with Crippen molar-refractivity contribution in [1.82, 2.24) is 9.62 Å². The molecule has 1 saturated carbocycles. The molecule has 4 nitrogen and oxygen atoms in total. The topological polar surface area (TPSA) is 49.4 Å². The lowest BCUT2D eigenvalue weighted by Crippen LogP contribution is -2.35. The molecule has 6 heteroatoms. The Morgan fingerprint density at radius 1 is 0.963 bits per heavy atom. The molecule has 2 aliphatic rings. The maximum atomic E-state index is 12.4. The van der Waals surface area contributed by atoms with Gasteiger partial charge < -0.3 is 4.90 Å². The van der Waals surface area contributed by atoms with Crippen molar-refractivity contribution < 1.29 is 8.42 Å². The van der Waals surface area contributed by atoms with Gasteiger partial charge >= 0.3 is 0 Å². The number of alkyl halides is 1. The molecule has 1 aromatic rings. The highest BCUT2D eigenvalue weighted by Gasteiger charge is 2.24. The minimum Gasteiger partial charge on any atom is -0.303 e. The Morgan fingerprint density at radius 2 is 1.59 bits per heavy atom. The van der Waals surface area contributed by atoms with E-state index in [9.17, 15) is 8.42 Å². The van der Waals surface area contributed by atoms with Crippen LogP contribution in [0.1, 0.15) is 56.9 Å². The average Bonchev–Trinajstić information content (AvgIpc) is 2.70. The summed E-state index contributed by atoms with van der Waals surface area (Å²) in [6, 6.07) is 6.80. The van der Waals surface area contributed by atoms with Gasteiger partial charge in [0.15, 0.2) is 0 Å². The Labute approximate surface area is 169 Å². The van der Waals surface area contributed by atoms with Crippen molar-refractivity contribution in [2.75, 3.05) is 26.2 Å². The van der Waals surface area contributed by atoms with Crippen molar-refractivity contribution in [3.63, 3.8) is 0 Å². The molecule has 0 bridgehead atoms. The Morgan fingerprint density at radius 3 is 2.22 bits per heavy atom. The second kappa shape index (κ2) is 10.2. The van der Waals surface area contributed by atoms with Gasteiger partial charge in [-0.25, -0.2) is 13.1 Å². The van der Waals surface area contributed by atoms with Gasteiger partial charge in [-0.2, -0.15) is 0 Å². The summed E-state index contributed by atoms with van der Waals surface area (Å²) in [4.78, 5) is 2.97. The van der Waals surface area contributed by atoms with Crippen molar-refractivity contribution >= 4 is 21.6 Å². The van der Waals surface area contributed by atoms with Gasteiger partial charge in [-0.05, 0) is 74.7 Å². The second-order valence-electron chi connectivity index (χ2n) is 8.21. The van der Waals surface area contributed by atoms with E-state index in [0.29, 0.717) is 23.2 Å². The van der Waals surface area contributed by atoms with Gasteiger partial charge in [-0.1, -0.05) is 31.4 Å². The number of sulfonamides is 1. The lowest BCUT2D eigenvalue weighted by molar-refractivity contribution is 0.157. The predicted molar refractivity (Wildman–Crippen MR) is 112 cm³/mol. The first-order valence-corrected chi connectivity index (χ1v) is 12.5. The van der Waals surface area contributed by atoms with Crippen LogP contribution in [0.3, 0.4) is 0 Å². The maximum absolute atomic E-state index is 12.4. The van der Waals surface area contributed by atoms with Crippen LogP contribution >= 0.6 is 11.6 Å². The molecule has 0 radical (unpaired) electrons. The van der Waals surface area contributed by atoms with Gasteiger partial charge in [0, 0.05) is 19.0 Å². The third-order valence-electron chi connectivity index (χ3n) is 6.16. The lowest BCUT2D eigenvalue weighted by atomic mass is 9.80. The van der Waals surface area contributed by atoms with E-state index in [1.54, 1.807) is 24.3 Å². The van der Waals surface area contributed by atoms with Crippen LogP contribution in [-0.4, -0.2) is 39.5 Å². The molecule has 3 rings (SSSR count). The van der Waals surface area contributed by atoms with Crippen LogP contribution in [-0.2, 0) is 15.9 Å². The van der Waals surface area contributed by atoms with E-state index >= 15 is 0 Å². The van der Waals surface area contributed by atoms with E-state index in [2.05, 4.69) is 9.62 Å². The molecule has 0 amide bonds. The van der Waals surface area contributed by atoms with E-state index in [1.165, 1.54) is 64.6 Å². The Bertz CT molecular complexity index is 664. The number of halogens is 1. The summed E-state index contributed by atoms with van der Waals surface area (Å²) in [6.07, 6.45) is 10.1. The molecule has 1 aliphatic carbocycles. The minimum atomic E-state index is -3.42. The zero-order chi connectivity index (χ0) is 19.1. The number of rotatable bonds is 8. The molecule has 0 spiro atoms. The van der Waals surface area contributed by atoms with Gasteiger partial charge in [0.2, 0.25) is 10.0 Å². The molecule has 2 fully saturated rings. The summed E-state index contributed by atoms with van der Waals surface area (Å²) in [5, 5.41) is 0. The summed E-state index contributed by atoms with van der Waals surface area (Å²) in [5.74, 6) is 1.90. The molecule has 1 heterocycles. The molecule has 1 aliphatic heterocycles. The molecule has 27 heavy (non-hydrogen) atoms. The van der Waals surface area contributed by atoms with Crippen LogP contribution in [0.25, 0.3) is 0 Å². The first kappa shape index (κ1) is 21.1. The first-order valence-electron chi connectivity index (χ1n) is 10.4. The normalized spacial score (nSPS) is 24.8.